The fourth-order valence-corrected chi connectivity index (χ4v) is 0.578. The molecule has 78 valence electrons. The monoisotopic (exact) mass is 192 g/mol. The van der Waals surface area contributed by atoms with Crippen LogP contribution in [0.4, 0.5) is 4.79 Å². The van der Waals surface area contributed by atoms with E-state index < -0.39 is 11.8 Å². The first kappa shape index (κ1) is 12.2. The van der Waals surface area contributed by atoms with Crippen molar-refractivity contribution in [2.45, 2.75) is 39.4 Å². The summed E-state index contributed by atoms with van der Waals surface area (Å²) in [6.07, 6.45) is -1.38. The van der Waals surface area contributed by atoms with Crippen LogP contribution < -0.4 is 0 Å². The number of hydrogen-bond donors (Lipinski definition) is 1. The molecule has 0 unspecified atom stereocenters. The molecule has 0 bridgehead atoms. The maximum absolute atomic E-state index is 10.2. The highest BCUT2D eigenvalue weighted by molar-refractivity contribution is 5.57. The van der Waals surface area contributed by atoms with Crippen LogP contribution in [0.1, 0.15) is 27.7 Å². The number of carbonyl (C=O) groups is 1. The van der Waals surface area contributed by atoms with Crippen LogP contribution in [0.3, 0.4) is 0 Å². The molecule has 0 aliphatic rings. The standard InChI is InChI=1S/C8H16O5/c1-6(2)13-11-5-8(3,4)12-7(9)10/h6H,5H2,1-4H3,(H,9,10). The lowest BCUT2D eigenvalue weighted by Crippen LogP contribution is -2.33. The Kier molecular flexibility index (Phi) is 4.72. The molecule has 0 aliphatic carbocycles. The minimum atomic E-state index is -1.32. The maximum Gasteiger partial charge on any atom is 0.506 e. The third-order valence-corrected chi connectivity index (χ3v) is 1.03. The lowest BCUT2D eigenvalue weighted by molar-refractivity contribution is -0.333. The molecule has 0 saturated carbocycles. The van der Waals surface area contributed by atoms with Gasteiger partial charge in [-0.3, -0.25) is 0 Å². The van der Waals surface area contributed by atoms with Crippen LogP contribution in [0.25, 0.3) is 0 Å². The minimum absolute atomic E-state index is 0.0550. The Labute approximate surface area is 77.5 Å². The molecule has 5 heteroatoms. The Bertz CT molecular complexity index is 164. The molecule has 0 aliphatic heterocycles. The topological polar surface area (TPSA) is 65.0 Å². The van der Waals surface area contributed by atoms with Gasteiger partial charge in [0.05, 0.1) is 6.10 Å². The van der Waals surface area contributed by atoms with E-state index in [4.69, 9.17) is 14.9 Å². The Morgan fingerprint density at radius 1 is 1.46 bits per heavy atom. The van der Waals surface area contributed by atoms with Crippen LogP contribution in [0, 0.1) is 0 Å². The largest absolute Gasteiger partial charge is 0.506 e. The molecular weight excluding hydrogens is 176 g/mol. The van der Waals surface area contributed by atoms with Crippen molar-refractivity contribution < 1.29 is 24.4 Å². The summed E-state index contributed by atoms with van der Waals surface area (Å²) >= 11 is 0. The van der Waals surface area contributed by atoms with Crippen molar-refractivity contribution in [2.24, 2.45) is 0 Å². The number of hydrogen-bond acceptors (Lipinski definition) is 4. The van der Waals surface area contributed by atoms with Gasteiger partial charge in [0.15, 0.2) is 0 Å². The summed E-state index contributed by atoms with van der Waals surface area (Å²) in [6.45, 7) is 6.89. The van der Waals surface area contributed by atoms with Gasteiger partial charge in [0.25, 0.3) is 0 Å². The summed E-state index contributed by atoms with van der Waals surface area (Å²) in [5.41, 5.74) is -0.888. The minimum Gasteiger partial charge on any atom is -0.450 e. The van der Waals surface area contributed by atoms with Crippen molar-refractivity contribution in [3.05, 3.63) is 0 Å². The Morgan fingerprint density at radius 3 is 2.38 bits per heavy atom. The van der Waals surface area contributed by atoms with Crippen LogP contribution >= 0.6 is 0 Å². The third kappa shape index (κ3) is 7.55. The van der Waals surface area contributed by atoms with E-state index in [1.54, 1.807) is 13.8 Å². The highest BCUT2D eigenvalue weighted by Gasteiger charge is 2.23. The Morgan fingerprint density at radius 2 is 2.00 bits per heavy atom. The quantitative estimate of drug-likeness (QED) is 0.409. The third-order valence-electron chi connectivity index (χ3n) is 1.03. The molecule has 0 aromatic heterocycles. The van der Waals surface area contributed by atoms with Crippen molar-refractivity contribution in [2.75, 3.05) is 6.61 Å². The molecule has 0 spiro atoms. The van der Waals surface area contributed by atoms with E-state index in [2.05, 4.69) is 4.74 Å². The molecule has 0 heterocycles. The summed E-state index contributed by atoms with van der Waals surface area (Å²) in [6, 6.07) is 0. The highest BCUT2D eigenvalue weighted by Crippen LogP contribution is 2.10. The van der Waals surface area contributed by atoms with Crippen molar-refractivity contribution in [3.8, 4) is 0 Å². The fourth-order valence-electron chi connectivity index (χ4n) is 0.578. The second-order valence-electron chi connectivity index (χ2n) is 3.53. The zero-order valence-corrected chi connectivity index (χ0v) is 8.36. The van der Waals surface area contributed by atoms with Gasteiger partial charge in [-0.2, -0.15) is 0 Å². The molecule has 0 saturated heterocycles. The number of carboxylic acid groups (broad SMARTS) is 1. The second-order valence-corrected chi connectivity index (χ2v) is 3.53. The maximum atomic E-state index is 10.2. The Hall–Kier alpha value is -0.810. The van der Waals surface area contributed by atoms with E-state index >= 15 is 0 Å². The first-order chi connectivity index (χ1) is 5.83. The van der Waals surface area contributed by atoms with Gasteiger partial charge in [-0.15, -0.1) is 0 Å². The molecule has 0 radical (unpaired) electrons. The van der Waals surface area contributed by atoms with Crippen molar-refractivity contribution in [1.29, 1.82) is 0 Å². The molecule has 0 amide bonds. The van der Waals surface area contributed by atoms with Crippen LogP contribution in [-0.2, 0) is 14.5 Å². The van der Waals surface area contributed by atoms with Crippen molar-refractivity contribution >= 4 is 6.16 Å². The average Bonchev–Trinajstić information content (AvgIpc) is 1.81. The smallest absolute Gasteiger partial charge is 0.450 e. The summed E-state index contributed by atoms with van der Waals surface area (Å²) in [7, 11) is 0. The normalized spacial score (nSPS) is 11.8. The summed E-state index contributed by atoms with van der Waals surface area (Å²) in [5, 5.41) is 8.34. The van der Waals surface area contributed by atoms with Gasteiger partial charge in [0, 0.05) is 0 Å². The van der Waals surface area contributed by atoms with E-state index in [-0.39, 0.29) is 12.7 Å². The zero-order chi connectivity index (χ0) is 10.5. The molecule has 0 fully saturated rings. The SMILES string of the molecule is CC(C)OOCC(C)(C)OC(=O)O. The van der Waals surface area contributed by atoms with E-state index in [1.165, 1.54) is 0 Å². The number of rotatable bonds is 5. The van der Waals surface area contributed by atoms with Crippen molar-refractivity contribution in [1.82, 2.24) is 0 Å². The molecule has 0 atom stereocenters. The van der Waals surface area contributed by atoms with Crippen LogP contribution in [0.5, 0.6) is 0 Å². The zero-order valence-electron chi connectivity index (χ0n) is 8.36. The van der Waals surface area contributed by atoms with E-state index in [9.17, 15) is 4.79 Å². The summed E-state index contributed by atoms with van der Waals surface area (Å²) in [4.78, 5) is 19.8. The highest BCUT2D eigenvalue weighted by atomic mass is 17.2. The van der Waals surface area contributed by atoms with E-state index in [0.717, 1.165) is 0 Å². The molecule has 13 heavy (non-hydrogen) atoms. The van der Waals surface area contributed by atoms with Gasteiger partial charge in [-0.25, -0.2) is 14.6 Å². The average molecular weight is 192 g/mol. The van der Waals surface area contributed by atoms with E-state index in [1.807, 2.05) is 13.8 Å². The first-order valence-electron chi connectivity index (χ1n) is 4.04. The molecule has 5 nitrogen and oxygen atoms in total. The summed E-state index contributed by atoms with van der Waals surface area (Å²) in [5.74, 6) is 0. The predicted molar refractivity (Wildman–Crippen MR) is 45.4 cm³/mol. The van der Waals surface area contributed by atoms with Gasteiger partial charge < -0.3 is 9.84 Å². The first-order valence-corrected chi connectivity index (χ1v) is 4.04. The molecular formula is C8H16O5. The van der Waals surface area contributed by atoms with Gasteiger partial charge in [-0.1, -0.05) is 0 Å². The van der Waals surface area contributed by atoms with Crippen LogP contribution in [0.2, 0.25) is 0 Å². The van der Waals surface area contributed by atoms with Crippen LogP contribution in [-0.4, -0.2) is 29.6 Å². The van der Waals surface area contributed by atoms with Gasteiger partial charge in [-0.05, 0) is 27.7 Å². The Balaban J connectivity index is 3.69. The lowest BCUT2D eigenvalue weighted by Gasteiger charge is -2.22. The summed E-state index contributed by atoms with van der Waals surface area (Å²) < 4.78 is 4.53. The van der Waals surface area contributed by atoms with Crippen molar-refractivity contribution in [3.63, 3.8) is 0 Å². The van der Waals surface area contributed by atoms with Gasteiger partial charge in [0.1, 0.15) is 12.2 Å². The van der Waals surface area contributed by atoms with Gasteiger partial charge in [0.2, 0.25) is 0 Å². The molecule has 0 aromatic rings. The predicted octanol–water partition coefficient (Wildman–Crippen LogP) is 1.82. The molecule has 0 aromatic carbocycles. The fraction of sp³-hybridized carbons (Fsp3) is 0.875. The molecule has 1 N–H and O–H groups in total. The van der Waals surface area contributed by atoms with Gasteiger partial charge >= 0.3 is 6.16 Å². The second kappa shape index (κ2) is 5.04. The van der Waals surface area contributed by atoms with E-state index in [0.29, 0.717) is 0 Å². The van der Waals surface area contributed by atoms with Crippen LogP contribution in [0.15, 0.2) is 0 Å². The number of ether oxygens (including phenoxy) is 1. The molecule has 0 rings (SSSR count). The lowest BCUT2D eigenvalue weighted by atomic mass is 10.2.